The van der Waals surface area contributed by atoms with Gasteiger partial charge < -0.3 is 0 Å². The predicted molar refractivity (Wildman–Crippen MR) is 50.2 cm³/mol. The largest absolute Gasteiger partial charge is 0.299 e. The van der Waals surface area contributed by atoms with Gasteiger partial charge in [0.05, 0.1) is 0 Å². The number of hydrogen-bond acceptors (Lipinski definition) is 1. The maximum atomic E-state index is 11.1. The molecule has 1 aromatic carbocycles. The number of ketones is 1. The van der Waals surface area contributed by atoms with Gasteiger partial charge in [0.15, 0.2) is 0 Å². The first-order valence-electron chi connectivity index (χ1n) is 4.29. The highest BCUT2D eigenvalue weighted by Gasteiger charge is 1.99. The molecule has 0 radical (unpaired) electrons. The van der Waals surface area contributed by atoms with Crippen LogP contribution in [-0.2, 0) is 11.2 Å². The first-order chi connectivity index (χ1) is 5.72. The maximum Gasteiger partial charge on any atom is 0.136 e. The summed E-state index contributed by atoms with van der Waals surface area (Å²) in [6.07, 6.45) is 1.21. The van der Waals surface area contributed by atoms with Crippen molar-refractivity contribution in [1.29, 1.82) is 0 Å². The van der Waals surface area contributed by atoms with Crippen molar-refractivity contribution in [1.82, 2.24) is 0 Å². The molecule has 0 saturated heterocycles. The minimum absolute atomic E-state index is 0.306. The van der Waals surface area contributed by atoms with E-state index in [0.717, 1.165) is 5.56 Å². The van der Waals surface area contributed by atoms with Crippen molar-refractivity contribution in [2.24, 2.45) is 0 Å². The number of carbonyl (C=O) groups excluding carboxylic acids is 1. The third kappa shape index (κ3) is 2.50. The van der Waals surface area contributed by atoms with Crippen LogP contribution >= 0.6 is 0 Å². The van der Waals surface area contributed by atoms with Crippen LogP contribution in [0.15, 0.2) is 24.3 Å². The Morgan fingerprint density at radius 1 is 1.42 bits per heavy atom. The van der Waals surface area contributed by atoms with E-state index in [-0.39, 0.29) is 0 Å². The van der Waals surface area contributed by atoms with Crippen LogP contribution < -0.4 is 0 Å². The normalized spacial score (nSPS) is 9.83. The molecule has 0 heterocycles. The molecule has 0 N–H and O–H groups in total. The number of benzene rings is 1. The van der Waals surface area contributed by atoms with Crippen LogP contribution in [0.5, 0.6) is 0 Å². The molecular weight excluding hydrogens is 148 g/mol. The highest BCUT2D eigenvalue weighted by molar-refractivity contribution is 5.80. The van der Waals surface area contributed by atoms with Crippen molar-refractivity contribution >= 4 is 5.78 Å². The topological polar surface area (TPSA) is 17.1 Å². The lowest BCUT2D eigenvalue weighted by Crippen LogP contribution is -1.99. The Hall–Kier alpha value is -1.11. The predicted octanol–water partition coefficient (Wildman–Crippen LogP) is 2.52. The highest BCUT2D eigenvalue weighted by atomic mass is 16.1. The third-order valence-corrected chi connectivity index (χ3v) is 1.88. The van der Waals surface area contributed by atoms with Gasteiger partial charge in [0.25, 0.3) is 0 Å². The minimum Gasteiger partial charge on any atom is -0.299 e. The fraction of sp³-hybridized carbons (Fsp3) is 0.364. The Balaban J connectivity index is 2.69. The summed E-state index contributed by atoms with van der Waals surface area (Å²) in [4.78, 5) is 11.1. The van der Waals surface area contributed by atoms with Gasteiger partial charge in [0.2, 0.25) is 0 Å². The van der Waals surface area contributed by atoms with E-state index >= 15 is 0 Å². The Morgan fingerprint density at radius 3 is 2.75 bits per heavy atom. The smallest absolute Gasteiger partial charge is 0.136 e. The summed E-state index contributed by atoms with van der Waals surface area (Å²) >= 11 is 0. The van der Waals surface area contributed by atoms with Crippen LogP contribution in [0.4, 0.5) is 0 Å². The fourth-order valence-electron chi connectivity index (χ4n) is 1.17. The second-order valence-electron chi connectivity index (χ2n) is 3.06. The van der Waals surface area contributed by atoms with Crippen LogP contribution in [0.2, 0.25) is 0 Å². The Labute approximate surface area is 73.4 Å². The summed E-state index contributed by atoms with van der Waals surface area (Å²) in [6, 6.07) is 8.10. The molecule has 0 amide bonds. The quantitative estimate of drug-likeness (QED) is 0.667. The summed E-state index contributed by atoms with van der Waals surface area (Å²) in [6.45, 7) is 3.94. The molecule has 0 spiro atoms. The van der Waals surface area contributed by atoms with E-state index < -0.39 is 0 Å². The number of Topliss-reactive ketones (excluding diaryl/α,β-unsaturated/α-hetero) is 1. The maximum absolute atomic E-state index is 11.1. The number of rotatable bonds is 3. The molecule has 0 unspecified atom stereocenters. The first kappa shape index (κ1) is 8.98. The zero-order chi connectivity index (χ0) is 8.97. The summed E-state index contributed by atoms with van der Waals surface area (Å²) < 4.78 is 0. The molecule has 0 aliphatic rings. The van der Waals surface area contributed by atoms with E-state index in [9.17, 15) is 4.79 Å². The highest BCUT2D eigenvalue weighted by Crippen LogP contribution is 2.05. The zero-order valence-corrected chi connectivity index (χ0v) is 7.63. The molecule has 64 valence electrons. The van der Waals surface area contributed by atoms with Crippen LogP contribution in [0.3, 0.4) is 0 Å². The minimum atomic E-state index is 0.306. The van der Waals surface area contributed by atoms with E-state index in [1.165, 1.54) is 5.56 Å². The number of aryl methyl sites for hydroxylation is 1. The molecule has 1 rings (SSSR count). The molecule has 0 saturated carbocycles. The van der Waals surface area contributed by atoms with Crippen LogP contribution in [-0.4, -0.2) is 5.78 Å². The lowest BCUT2D eigenvalue weighted by atomic mass is 10.1. The SMILES string of the molecule is CCC(=O)Cc1cccc(C)c1. The molecule has 0 aliphatic carbocycles. The van der Waals surface area contributed by atoms with E-state index in [2.05, 4.69) is 6.07 Å². The zero-order valence-electron chi connectivity index (χ0n) is 7.63. The van der Waals surface area contributed by atoms with E-state index in [0.29, 0.717) is 18.6 Å². The molecule has 0 fully saturated rings. The van der Waals surface area contributed by atoms with E-state index in [1.807, 2.05) is 32.0 Å². The van der Waals surface area contributed by atoms with E-state index in [1.54, 1.807) is 0 Å². The molecule has 12 heavy (non-hydrogen) atoms. The van der Waals surface area contributed by atoms with Gasteiger partial charge in [-0.15, -0.1) is 0 Å². The van der Waals surface area contributed by atoms with Crippen molar-refractivity contribution in [3.63, 3.8) is 0 Å². The van der Waals surface area contributed by atoms with Gasteiger partial charge in [-0.3, -0.25) is 4.79 Å². The van der Waals surface area contributed by atoms with Gasteiger partial charge in [-0.1, -0.05) is 36.8 Å². The lowest BCUT2D eigenvalue weighted by molar-refractivity contribution is -0.118. The average Bonchev–Trinajstić information content (AvgIpc) is 2.04. The third-order valence-electron chi connectivity index (χ3n) is 1.88. The van der Waals surface area contributed by atoms with Crippen molar-refractivity contribution < 1.29 is 4.79 Å². The Morgan fingerprint density at radius 2 is 2.17 bits per heavy atom. The molecular formula is C11H14O. The van der Waals surface area contributed by atoms with Crippen LogP contribution in [0.25, 0.3) is 0 Å². The van der Waals surface area contributed by atoms with Gasteiger partial charge in [-0.25, -0.2) is 0 Å². The van der Waals surface area contributed by atoms with Gasteiger partial charge in [0, 0.05) is 12.8 Å². The van der Waals surface area contributed by atoms with Crippen molar-refractivity contribution in [2.45, 2.75) is 26.7 Å². The molecule has 0 bridgehead atoms. The van der Waals surface area contributed by atoms with Crippen LogP contribution in [0, 0.1) is 6.92 Å². The Kier molecular flexibility index (Phi) is 3.03. The van der Waals surface area contributed by atoms with Crippen molar-refractivity contribution in [3.05, 3.63) is 35.4 Å². The Bertz CT molecular complexity index is 276. The van der Waals surface area contributed by atoms with Gasteiger partial charge in [-0.2, -0.15) is 0 Å². The number of hydrogen-bond donors (Lipinski definition) is 0. The summed E-state index contributed by atoms with van der Waals surface area (Å²) in [5.41, 5.74) is 2.35. The molecule has 1 aromatic rings. The molecule has 1 heteroatoms. The first-order valence-corrected chi connectivity index (χ1v) is 4.29. The standard InChI is InChI=1S/C11H14O/c1-3-11(12)8-10-6-4-5-9(2)7-10/h4-7H,3,8H2,1-2H3. The summed E-state index contributed by atoms with van der Waals surface area (Å²) in [5.74, 6) is 0.306. The average molecular weight is 162 g/mol. The lowest BCUT2D eigenvalue weighted by Gasteiger charge is -1.99. The molecule has 0 aliphatic heterocycles. The van der Waals surface area contributed by atoms with Gasteiger partial charge >= 0.3 is 0 Å². The molecule has 0 atom stereocenters. The molecule has 0 aromatic heterocycles. The monoisotopic (exact) mass is 162 g/mol. The summed E-state index contributed by atoms with van der Waals surface area (Å²) in [5, 5.41) is 0. The summed E-state index contributed by atoms with van der Waals surface area (Å²) in [7, 11) is 0. The number of carbonyl (C=O) groups is 1. The second kappa shape index (κ2) is 4.05. The second-order valence-corrected chi connectivity index (χ2v) is 3.06. The van der Waals surface area contributed by atoms with E-state index in [4.69, 9.17) is 0 Å². The van der Waals surface area contributed by atoms with Gasteiger partial charge in [0.1, 0.15) is 5.78 Å². The molecule has 1 nitrogen and oxygen atoms in total. The fourth-order valence-corrected chi connectivity index (χ4v) is 1.17. The van der Waals surface area contributed by atoms with Crippen molar-refractivity contribution in [3.8, 4) is 0 Å². The van der Waals surface area contributed by atoms with Gasteiger partial charge in [-0.05, 0) is 12.5 Å². The van der Waals surface area contributed by atoms with Crippen molar-refractivity contribution in [2.75, 3.05) is 0 Å². The van der Waals surface area contributed by atoms with Crippen LogP contribution in [0.1, 0.15) is 24.5 Å².